The van der Waals surface area contributed by atoms with E-state index in [1.807, 2.05) is 6.92 Å². The van der Waals surface area contributed by atoms with Crippen molar-refractivity contribution in [1.82, 2.24) is 10.3 Å². The summed E-state index contributed by atoms with van der Waals surface area (Å²) in [5.41, 5.74) is 1.26. The molecule has 2 amide bonds. The van der Waals surface area contributed by atoms with Crippen molar-refractivity contribution in [3.63, 3.8) is 0 Å². The number of pyridine rings is 1. The molecule has 1 fully saturated rings. The number of benzene rings is 1. The molecule has 2 N–H and O–H groups in total. The third kappa shape index (κ3) is 6.09. The van der Waals surface area contributed by atoms with Crippen molar-refractivity contribution >= 4 is 40.7 Å². The summed E-state index contributed by atoms with van der Waals surface area (Å²) < 4.78 is 5.88. The third-order valence-electron chi connectivity index (χ3n) is 5.05. The van der Waals surface area contributed by atoms with Crippen LogP contribution >= 0.6 is 23.2 Å². The van der Waals surface area contributed by atoms with E-state index in [2.05, 4.69) is 15.6 Å². The molecule has 1 heterocycles. The molecule has 6 nitrogen and oxygen atoms in total. The van der Waals surface area contributed by atoms with Crippen molar-refractivity contribution in [2.75, 3.05) is 11.9 Å². The van der Waals surface area contributed by atoms with Gasteiger partial charge in [-0.1, -0.05) is 30.1 Å². The number of carbonyl (C=O) groups is 2. The molecule has 0 radical (unpaired) electrons. The zero-order valence-electron chi connectivity index (χ0n) is 16.8. The van der Waals surface area contributed by atoms with Crippen LogP contribution in [0.15, 0.2) is 36.5 Å². The van der Waals surface area contributed by atoms with Crippen LogP contribution < -0.4 is 15.4 Å². The Morgan fingerprint density at radius 3 is 2.47 bits per heavy atom. The van der Waals surface area contributed by atoms with Crippen molar-refractivity contribution < 1.29 is 14.3 Å². The van der Waals surface area contributed by atoms with Gasteiger partial charge in [0.2, 0.25) is 11.8 Å². The summed E-state index contributed by atoms with van der Waals surface area (Å²) in [6.07, 6.45) is 5.29. The van der Waals surface area contributed by atoms with Crippen LogP contribution in [0.5, 0.6) is 5.88 Å². The summed E-state index contributed by atoms with van der Waals surface area (Å²) in [7, 11) is 0. The molecule has 1 aliphatic rings. The first-order valence-corrected chi connectivity index (χ1v) is 10.9. The lowest BCUT2D eigenvalue weighted by atomic mass is 9.86. The average molecular weight is 450 g/mol. The summed E-state index contributed by atoms with van der Waals surface area (Å²) >= 11 is 12.0. The maximum Gasteiger partial charge on any atom is 0.251 e. The minimum Gasteiger partial charge on any atom is -0.473 e. The Bertz CT molecular complexity index is 882. The smallest absolute Gasteiger partial charge is 0.251 e. The van der Waals surface area contributed by atoms with Crippen molar-refractivity contribution in [3.8, 4) is 5.88 Å². The lowest BCUT2D eigenvalue weighted by Crippen LogP contribution is -2.31. The largest absolute Gasteiger partial charge is 0.473 e. The van der Waals surface area contributed by atoms with Crippen molar-refractivity contribution in [3.05, 3.63) is 52.1 Å². The highest BCUT2D eigenvalue weighted by Gasteiger charge is 2.28. The molecular weight excluding hydrogens is 425 g/mol. The van der Waals surface area contributed by atoms with Gasteiger partial charge in [-0.05, 0) is 62.4 Å². The number of hydrogen-bond acceptors (Lipinski definition) is 4. The van der Waals surface area contributed by atoms with Crippen molar-refractivity contribution in [2.24, 2.45) is 5.92 Å². The second-order valence-electron chi connectivity index (χ2n) is 7.35. The van der Waals surface area contributed by atoms with Gasteiger partial charge in [-0.15, -0.1) is 0 Å². The van der Waals surface area contributed by atoms with E-state index < -0.39 is 0 Å². The van der Waals surface area contributed by atoms with E-state index in [1.54, 1.807) is 30.3 Å². The third-order valence-corrected chi connectivity index (χ3v) is 5.53. The Balaban J connectivity index is 1.47. The minimum absolute atomic E-state index is 0.0146. The minimum atomic E-state index is -0.108. The predicted molar refractivity (Wildman–Crippen MR) is 118 cm³/mol. The van der Waals surface area contributed by atoms with Gasteiger partial charge >= 0.3 is 0 Å². The lowest BCUT2D eigenvalue weighted by Gasteiger charge is -2.28. The van der Waals surface area contributed by atoms with E-state index in [0.29, 0.717) is 33.7 Å². The number of ether oxygens (including phenoxy) is 1. The van der Waals surface area contributed by atoms with Crippen LogP contribution in [-0.4, -0.2) is 29.4 Å². The monoisotopic (exact) mass is 449 g/mol. The number of rotatable bonds is 7. The maximum atomic E-state index is 12.6. The number of hydrogen-bond donors (Lipinski definition) is 2. The molecule has 1 aliphatic carbocycles. The zero-order chi connectivity index (χ0) is 21.5. The van der Waals surface area contributed by atoms with Gasteiger partial charge in [-0.3, -0.25) is 9.59 Å². The van der Waals surface area contributed by atoms with E-state index in [1.165, 1.54) is 6.20 Å². The van der Waals surface area contributed by atoms with Gasteiger partial charge < -0.3 is 15.4 Å². The van der Waals surface area contributed by atoms with Crippen LogP contribution in [0, 0.1) is 5.92 Å². The SMILES string of the molecule is CCCNC(=O)c1ccc(NC(=O)C2CCC(Oc3ncc(Cl)cc3Cl)CC2)cc1. The maximum absolute atomic E-state index is 12.6. The standard InChI is InChI=1S/C22H25Cl2N3O3/c1-2-11-25-20(28)14-3-7-17(8-4-14)27-21(29)15-5-9-18(10-6-15)30-22-19(24)12-16(23)13-26-22/h3-4,7-8,12-13,15,18H,2,5-6,9-11H2,1H3,(H,25,28)(H,27,29). The number of nitrogens with one attached hydrogen (secondary N) is 2. The Kier molecular flexibility index (Phi) is 7.94. The first kappa shape index (κ1) is 22.4. The molecule has 1 aromatic carbocycles. The zero-order valence-corrected chi connectivity index (χ0v) is 18.3. The second kappa shape index (κ2) is 10.6. The Morgan fingerprint density at radius 2 is 1.83 bits per heavy atom. The molecule has 0 unspecified atom stereocenters. The van der Waals surface area contributed by atoms with Crippen LogP contribution in [0.4, 0.5) is 5.69 Å². The summed E-state index contributed by atoms with van der Waals surface area (Å²) in [6, 6.07) is 8.54. The van der Waals surface area contributed by atoms with Crippen molar-refractivity contribution in [1.29, 1.82) is 0 Å². The van der Waals surface area contributed by atoms with Crippen molar-refractivity contribution in [2.45, 2.75) is 45.1 Å². The lowest BCUT2D eigenvalue weighted by molar-refractivity contribution is -0.121. The number of amides is 2. The van der Waals surface area contributed by atoms with Gasteiger partial charge in [0.25, 0.3) is 5.91 Å². The summed E-state index contributed by atoms with van der Waals surface area (Å²) in [4.78, 5) is 28.7. The second-order valence-corrected chi connectivity index (χ2v) is 8.20. The Hall–Kier alpha value is -2.31. The topological polar surface area (TPSA) is 80.3 Å². The molecule has 8 heteroatoms. The number of nitrogens with zero attached hydrogens (tertiary/aromatic N) is 1. The highest BCUT2D eigenvalue weighted by atomic mass is 35.5. The van der Waals surface area contributed by atoms with Crippen LogP contribution in [-0.2, 0) is 4.79 Å². The Labute approximate surface area is 186 Å². The van der Waals surface area contributed by atoms with Crippen LogP contribution in [0.25, 0.3) is 0 Å². The molecule has 2 aromatic rings. The quantitative estimate of drug-likeness (QED) is 0.615. The Morgan fingerprint density at radius 1 is 1.13 bits per heavy atom. The number of anilines is 1. The van der Waals surface area contributed by atoms with Crippen LogP contribution in [0.3, 0.4) is 0 Å². The number of halogens is 2. The first-order chi connectivity index (χ1) is 14.5. The van der Waals surface area contributed by atoms with Crippen LogP contribution in [0.1, 0.15) is 49.4 Å². The molecule has 30 heavy (non-hydrogen) atoms. The van der Waals surface area contributed by atoms with E-state index >= 15 is 0 Å². The van der Waals surface area contributed by atoms with Crippen LogP contribution in [0.2, 0.25) is 10.0 Å². The molecule has 0 spiro atoms. The predicted octanol–water partition coefficient (Wildman–Crippen LogP) is 5.10. The van der Waals surface area contributed by atoms with E-state index in [9.17, 15) is 9.59 Å². The highest BCUT2D eigenvalue weighted by molar-refractivity contribution is 6.35. The molecule has 0 aliphatic heterocycles. The van der Waals surface area contributed by atoms with Gasteiger partial charge in [0, 0.05) is 29.9 Å². The molecule has 1 aromatic heterocycles. The summed E-state index contributed by atoms with van der Waals surface area (Å²) in [5, 5.41) is 6.62. The molecule has 0 saturated heterocycles. The van der Waals surface area contributed by atoms with Gasteiger partial charge in [0.15, 0.2) is 0 Å². The highest BCUT2D eigenvalue weighted by Crippen LogP contribution is 2.31. The molecular formula is C22H25Cl2N3O3. The van der Waals surface area contributed by atoms with E-state index in [-0.39, 0.29) is 23.8 Å². The fourth-order valence-corrected chi connectivity index (χ4v) is 3.80. The van der Waals surface area contributed by atoms with Gasteiger partial charge in [-0.25, -0.2) is 4.98 Å². The summed E-state index contributed by atoms with van der Waals surface area (Å²) in [6.45, 7) is 2.65. The fourth-order valence-electron chi connectivity index (χ4n) is 3.38. The van der Waals surface area contributed by atoms with Gasteiger partial charge in [0.1, 0.15) is 11.1 Å². The number of carbonyl (C=O) groups excluding carboxylic acids is 2. The van der Waals surface area contributed by atoms with Gasteiger partial charge in [0.05, 0.1) is 5.02 Å². The van der Waals surface area contributed by atoms with E-state index in [4.69, 9.17) is 27.9 Å². The average Bonchev–Trinajstić information content (AvgIpc) is 2.75. The molecule has 3 rings (SSSR count). The summed E-state index contributed by atoms with van der Waals surface area (Å²) in [5.74, 6) is 0.172. The van der Waals surface area contributed by atoms with Gasteiger partial charge in [-0.2, -0.15) is 0 Å². The van der Waals surface area contributed by atoms with E-state index in [0.717, 1.165) is 32.1 Å². The fraction of sp³-hybridized carbons (Fsp3) is 0.409. The molecule has 160 valence electrons. The molecule has 0 bridgehead atoms. The first-order valence-electron chi connectivity index (χ1n) is 10.1. The normalized spacial score (nSPS) is 18.5. The number of aromatic nitrogens is 1. The molecule has 1 saturated carbocycles. The molecule has 0 atom stereocenters.